The number of cyclic esters (lactones) is 1. The van der Waals surface area contributed by atoms with E-state index in [-0.39, 0.29) is 23.1 Å². The lowest BCUT2D eigenvalue weighted by atomic mass is 10.1. The molecule has 2 aromatic carbocycles. The molecule has 8 heteroatoms. The minimum Gasteiger partial charge on any atom is -0.493 e. The molecule has 30 heavy (non-hydrogen) atoms. The lowest BCUT2D eigenvalue weighted by molar-refractivity contribution is -0.129. The van der Waals surface area contributed by atoms with E-state index in [0.717, 1.165) is 0 Å². The molecule has 1 aliphatic rings. The number of benzene rings is 2. The maximum atomic E-state index is 13.4. The van der Waals surface area contributed by atoms with E-state index in [4.69, 9.17) is 18.9 Å². The van der Waals surface area contributed by atoms with Gasteiger partial charge in [-0.1, -0.05) is 12.1 Å². The fraction of sp³-hybridized carbons (Fsp3) is 0.227. The largest absolute Gasteiger partial charge is 0.514 e. The third-order valence-electron chi connectivity index (χ3n) is 3.77. The van der Waals surface area contributed by atoms with Crippen molar-refractivity contribution in [2.75, 3.05) is 7.11 Å². The predicted octanol–water partition coefficient (Wildman–Crippen LogP) is 4.49. The van der Waals surface area contributed by atoms with Crippen LogP contribution in [-0.2, 0) is 14.3 Å². The first kappa shape index (κ1) is 21.0. The number of carbonyl (C=O) groups excluding carboxylic acids is 2. The molecule has 0 aliphatic carbocycles. The van der Waals surface area contributed by atoms with E-state index < -0.39 is 23.5 Å². The summed E-state index contributed by atoms with van der Waals surface area (Å²) in [6.45, 7) is 5.17. The van der Waals surface area contributed by atoms with Gasteiger partial charge in [-0.15, -0.1) is 0 Å². The molecule has 0 N–H and O–H groups in total. The summed E-state index contributed by atoms with van der Waals surface area (Å²) in [5.41, 5.74) is 0.247. The van der Waals surface area contributed by atoms with Gasteiger partial charge in [0.15, 0.2) is 17.2 Å². The third-order valence-corrected chi connectivity index (χ3v) is 3.77. The average molecular weight is 413 g/mol. The van der Waals surface area contributed by atoms with Crippen molar-refractivity contribution < 1.29 is 32.9 Å². The van der Waals surface area contributed by atoms with E-state index in [1.54, 1.807) is 39.0 Å². The standard InChI is InChI=1S/C22H20FNO6/c1-22(2,3)30-21(26)28-17-9-8-13(11-18(17)27-4)10-16-20(25)29-19(24-16)14-6-5-7-15(23)12-14/h5-12H,1-4H3/b16-10-. The van der Waals surface area contributed by atoms with Crippen LogP contribution < -0.4 is 9.47 Å². The minimum atomic E-state index is -0.865. The van der Waals surface area contributed by atoms with Crippen LogP contribution in [0.3, 0.4) is 0 Å². The van der Waals surface area contributed by atoms with Gasteiger partial charge in [-0.05, 0) is 62.7 Å². The summed E-state index contributed by atoms with van der Waals surface area (Å²) in [5, 5.41) is 0. The number of nitrogens with zero attached hydrogens (tertiary/aromatic N) is 1. The summed E-state index contributed by atoms with van der Waals surface area (Å²) in [6, 6.07) is 10.3. The number of carbonyl (C=O) groups is 2. The number of esters is 1. The molecule has 0 unspecified atom stereocenters. The Bertz CT molecular complexity index is 1050. The first-order valence-corrected chi connectivity index (χ1v) is 9.02. The van der Waals surface area contributed by atoms with Gasteiger partial charge < -0.3 is 18.9 Å². The SMILES string of the molecule is COc1cc(/C=C2\N=C(c3cccc(F)c3)OC2=O)ccc1OC(=O)OC(C)(C)C. The van der Waals surface area contributed by atoms with Crippen LogP contribution >= 0.6 is 0 Å². The molecule has 0 amide bonds. The molecule has 1 heterocycles. The van der Waals surface area contributed by atoms with Crippen LogP contribution in [0.15, 0.2) is 53.2 Å². The Morgan fingerprint density at radius 2 is 1.90 bits per heavy atom. The van der Waals surface area contributed by atoms with Gasteiger partial charge in [0.25, 0.3) is 0 Å². The normalized spacial score (nSPS) is 14.9. The number of hydrogen-bond acceptors (Lipinski definition) is 7. The molecule has 0 fully saturated rings. The van der Waals surface area contributed by atoms with E-state index in [1.165, 1.54) is 37.5 Å². The third kappa shape index (κ3) is 5.22. The minimum absolute atomic E-state index is 0.0163. The highest BCUT2D eigenvalue weighted by Gasteiger charge is 2.25. The van der Waals surface area contributed by atoms with Crippen molar-refractivity contribution in [2.24, 2.45) is 4.99 Å². The zero-order valence-electron chi connectivity index (χ0n) is 16.9. The van der Waals surface area contributed by atoms with Crippen molar-refractivity contribution in [1.82, 2.24) is 0 Å². The highest BCUT2D eigenvalue weighted by molar-refractivity contribution is 6.12. The molecule has 0 spiro atoms. The number of hydrogen-bond donors (Lipinski definition) is 0. The van der Waals surface area contributed by atoms with Crippen LogP contribution in [0.25, 0.3) is 6.08 Å². The van der Waals surface area contributed by atoms with Crippen molar-refractivity contribution in [3.05, 3.63) is 65.1 Å². The summed E-state index contributed by atoms with van der Waals surface area (Å²) >= 11 is 0. The molecule has 0 bridgehead atoms. The lowest BCUT2D eigenvalue weighted by Gasteiger charge is -2.19. The topological polar surface area (TPSA) is 83.4 Å². The smallest absolute Gasteiger partial charge is 0.493 e. The fourth-order valence-corrected chi connectivity index (χ4v) is 2.53. The van der Waals surface area contributed by atoms with Gasteiger partial charge in [0, 0.05) is 5.56 Å². The van der Waals surface area contributed by atoms with Crippen LogP contribution in [0.2, 0.25) is 0 Å². The first-order chi connectivity index (χ1) is 14.1. The van der Waals surface area contributed by atoms with Crippen LogP contribution in [0, 0.1) is 5.82 Å². The van der Waals surface area contributed by atoms with Gasteiger partial charge in [0.05, 0.1) is 7.11 Å². The number of rotatable bonds is 4. The monoisotopic (exact) mass is 413 g/mol. The highest BCUT2D eigenvalue weighted by Crippen LogP contribution is 2.30. The van der Waals surface area contributed by atoms with Gasteiger partial charge in [-0.2, -0.15) is 0 Å². The summed E-state index contributed by atoms with van der Waals surface area (Å²) in [5.74, 6) is -0.693. The zero-order valence-corrected chi connectivity index (χ0v) is 16.9. The van der Waals surface area contributed by atoms with E-state index in [2.05, 4.69) is 4.99 Å². The molecule has 0 saturated heterocycles. The summed E-state index contributed by atoms with van der Waals surface area (Å²) in [4.78, 5) is 28.1. The molecule has 0 radical (unpaired) electrons. The van der Waals surface area contributed by atoms with Gasteiger partial charge in [-0.25, -0.2) is 19.0 Å². The molecule has 7 nitrogen and oxygen atoms in total. The molecule has 0 saturated carbocycles. The number of ether oxygens (including phenoxy) is 4. The van der Waals surface area contributed by atoms with E-state index in [1.807, 2.05) is 0 Å². The summed E-state index contributed by atoms with van der Waals surface area (Å²) < 4.78 is 34.1. The van der Waals surface area contributed by atoms with Gasteiger partial charge in [0.1, 0.15) is 11.4 Å². The van der Waals surface area contributed by atoms with Crippen LogP contribution in [0.1, 0.15) is 31.9 Å². The van der Waals surface area contributed by atoms with Crippen molar-refractivity contribution in [3.8, 4) is 11.5 Å². The molecule has 1 aliphatic heterocycles. The molecule has 0 aromatic heterocycles. The lowest BCUT2D eigenvalue weighted by Crippen LogP contribution is -2.26. The Morgan fingerprint density at radius 3 is 2.57 bits per heavy atom. The maximum Gasteiger partial charge on any atom is 0.514 e. The van der Waals surface area contributed by atoms with Crippen molar-refractivity contribution in [3.63, 3.8) is 0 Å². The zero-order chi connectivity index (χ0) is 21.9. The second kappa shape index (κ2) is 8.36. The molecule has 2 aromatic rings. The second-order valence-electron chi connectivity index (χ2n) is 7.32. The van der Waals surface area contributed by atoms with Gasteiger partial charge in [-0.3, -0.25) is 0 Å². The summed E-state index contributed by atoms with van der Waals surface area (Å²) in [6.07, 6.45) is 0.615. The molecule has 156 valence electrons. The fourth-order valence-electron chi connectivity index (χ4n) is 2.53. The highest BCUT2D eigenvalue weighted by atomic mass is 19.1. The quantitative estimate of drug-likeness (QED) is 0.417. The summed E-state index contributed by atoms with van der Waals surface area (Å²) in [7, 11) is 1.41. The van der Waals surface area contributed by atoms with Gasteiger partial charge >= 0.3 is 12.1 Å². The Kier molecular flexibility index (Phi) is 5.86. The number of aliphatic imine (C=N–C) groups is 1. The van der Waals surface area contributed by atoms with E-state index >= 15 is 0 Å². The Labute approximate surface area is 172 Å². The van der Waals surface area contributed by atoms with E-state index in [0.29, 0.717) is 11.1 Å². The Morgan fingerprint density at radius 1 is 1.13 bits per heavy atom. The van der Waals surface area contributed by atoms with Crippen LogP contribution in [0.5, 0.6) is 11.5 Å². The Hall–Kier alpha value is -3.68. The van der Waals surface area contributed by atoms with Crippen LogP contribution in [-0.4, -0.2) is 30.7 Å². The molecule has 3 rings (SSSR count). The number of methoxy groups -OCH3 is 1. The maximum absolute atomic E-state index is 13.4. The van der Waals surface area contributed by atoms with Crippen LogP contribution in [0.4, 0.5) is 9.18 Å². The molecular weight excluding hydrogens is 393 g/mol. The molecular formula is C22H20FNO6. The average Bonchev–Trinajstić information content (AvgIpc) is 3.02. The van der Waals surface area contributed by atoms with Gasteiger partial charge in [0.2, 0.25) is 5.90 Å². The van der Waals surface area contributed by atoms with Crippen molar-refractivity contribution in [2.45, 2.75) is 26.4 Å². The first-order valence-electron chi connectivity index (χ1n) is 9.02. The van der Waals surface area contributed by atoms with Crippen molar-refractivity contribution >= 4 is 24.1 Å². The number of halogens is 1. The van der Waals surface area contributed by atoms with Crippen molar-refractivity contribution in [1.29, 1.82) is 0 Å². The molecule has 0 atom stereocenters. The predicted molar refractivity (Wildman–Crippen MR) is 107 cm³/mol. The van der Waals surface area contributed by atoms with E-state index in [9.17, 15) is 14.0 Å². The Balaban J connectivity index is 1.83. The second-order valence-corrected chi connectivity index (χ2v) is 7.32.